The van der Waals surface area contributed by atoms with E-state index in [2.05, 4.69) is 4.90 Å². The van der Waals surface area contributed by atoms with Crippen molar-refractivity contribution >= 4 is 6.09 Å². The summed E-state index contributed by atoms with van der Waals surface area (Å²) in [5, 5.41) is 9.29. The summed E-state index contributed by atoms with van der Waals surface area (Å²) in [4.78, 5) is 16.1. The lowest BCUT2D eigenvalue weighted by molar-refractivity contribution is 0.00201. The Kier molecular flexibility index (Phi) is 3.82. The Balaban J connectivity index is 1.90. The lowest BCUT2D eigenvalue weighted by atomic mass is 10.1. The number of ether oxygens (including phenoxy) is 1. The number of rotatable bonds is 1. The van der Waals surface area contributed by atoms with Crippen LogP contribution in [0, 0.1) is 0 Å². The third-order valence-electron chi connectivity index (χ3n) is 3.69. The first-order valence-electron chi connectivity index (χ1n) is 6.75. The minimum Gasteiger partial charge on any atom is -0.444 e. The first-order chi connectivity index (χ1) is 8.40. The molecule has 2 saturated heterocycles. The molecule has 2 heterocycles. The fraction of sp³-hybridized carbons (Fsp3) is 0.923. The van der Waals surface area contributed by atoms with Crippen LogP contribution in [0.15, 0.2) is 0 Å². The lowest BCUT2D eigenvalue weighted by Crippen LogP contribution is -2.55. The van der Waals surface area contributed by atoms with Gasteiger partial charge >= 0.3 is 6.09 Å². The highest BCUT2D eigenvalue weighted by Crippen LogP contribution is 2.27. The number of aliphatic hydroxyl groups excluding tert-OH is 1. The number of carbonyl (C=O) groups is 1. The lowest BCUT2D eigenvalue weighted by Gasteiger charge is -2.39. The van der Waals surface area contributed by atoms with Gasteiger partial charge in [0.25, 0.3) is 0 Å². The molecule has 18 heavy (non-hydrogen) atoms. The van der Waals surface area contributed by atoms with Crippen molar-refractivity contribution in [2.24, 2.45) is 0 Å². The van der Waals surface area contributed by atoms with Crippen molar-refractivity contribution in [1.29, 1.82) is 0 Å². The number of fused-ring (bicyclic) bond motifs is 1. The molecule has 2 rings (SSSR count). The van der Waals surface area contributed by atoms with E-state index in [4.69, 9.17) is 4.74 Å². The van der Waals surface area contributed by atoms with Crippen molar-refractivity contribution in [2.75, 3.05) is 26.2 Å². The summed E-state index contributed by atoms with van der Waals surface area (Å²) in [5.41, 5.74) is -0.433. The SMILES string of the molecule is CC(C)(C)OC(=O)N1CCN2C(CO)CC[C@H]2C1. The predicted molar refractivity (Wildman–Crippen MR) is 68.4 cm³/mol. The van der Waals surface area contributed by atoms with Gasteiger partial charge in [0.15, 0.2) is 0 Å². The highest BCUT2D eigenvalue weighted by molar-refractivity contribution is 5.68. The maximum Gasteiger partial charge on any atom is 0.410 e. The standard InChI is InChI=1S/C13H24N2O3/c1-13(2,3)18-12(17)14-6-7-15-10(8-14)4-5-11(15)9-16/h10-11,16H,4-9H2,1-3H3/t10-,11?/m0/s1. The van der Waals surface area contributed by atoms with Crippen molar-refractivity contribution in [2.45, 2.75) is 51.3 Å². The summed E-state index contributed by atoms with van der Waals surface area (Å²) < 4.78 is 5.40. The van der Waals surface area contributed by atoms with Crippen LogP contribution in [0.3, 0.4) is 0 Å². The number of nitrogens with zero attached hydrogens (tertiary/aromatic N) is 2. The third kappa shape index (κ3) is 2.95. The fourth-order valence-corrected chi connectivity index (χ4v) is 2.85. The molecule has 5 nitrogen and oxygen atoms in total. The molecule has 0 radical (unpaired) electrons. The minimum absolute atomic E-state index is 0.213. The normalized spacial score (nSPS) is 29.2. The number of amides is 1. The molecular formula is C13H24N2O3. The quantitative estimate of drug-likeness (QED) is 0.762. The highest BCUT2D eigenvalue weighted by Gasteiger charge is 2.39. The molecule has 1 N–H and O–H groups in total. The van der Waals surface area contributed by atoms with E-state index in [0.717, 1.165) is 25.9 Å². The van der Waals surface area contributed by atoms with Gasteiger partial charge in [0.1, 0.15) is 5.60 Å². The summed E-state index contributed by atoms with van der Waals surface area (Å²) in [6.45, 7) is 8.15. The van der Waals surface area contributed by atoms with Gasteiger partial charge in [-0.2, -0.15) is 0 Å². The van der Waals surface area contributed by atoms with Crippen LogP contribution in [-0.4, -0.2) is 64.9 Å². The fourth-order valence-electron chi connectivity index (χ4n) is 2.85. The van der Waals surface area contributed by atoms with Crippen LogP contribution in [0.5, 0.6) is 0 Å². The van der Waals surface area contributed by atoms with Crippen LogP contribution in [0.1, 0.15) is 33.6 Å². The molecule has 104 valence electrons. The van der Waals surface area contributed by atoms with Gasteiger partial charge in [0, 0.05) is 31.7 Å². The van der Waals surface area contributed by atoms with Gasteiger partial charge < -0.3 is 14.7 Å². The summed E-state index contributed by atoms with van der Waals surface area (Å²) >= 11 is 0. The molecule has 5 heteroatoms. The minimum atomic E-state index is -0.433. The maximum absolute atomic E-state index is 12.0. The van der Waals surface area contributed by atoms with E-state index in [-0.39, 0.29) is 18.7 Å². The van der Waals surface area contributed by atoms with Crippen molar-refractivity contribution in [3.05, 3.63) is 0 Å². The van der Waals surface area contributed by atoms with Crippen LogP contribution in [0.4, 0.5) is 4.79 Å². The molecule has 0 spiro atoms. The Morgan fingerprint density at radius 2 is 2.06 bits per heavy atom. The Morgan fingerprint density at radius 1 is 1.33 bits per heavy atom. The van der Waals surface area contributed by atoms with Crippen LogP contribution in [-0.2, 0) is 4.74 Å². The number of hydrogen-bond donors (Lipinski definition) is 1. The zero-order valence-electron chi connectivity index (χ0n) is 11.6. The molecule has 2 atom stereocenters. The molecule has 0 aromatic heterocycles. The van der Waals surface area contributed by atoms with Gasteiger partial charge in [-0.1, -0.05) is 0 Å². The number of aliphatic hydroxyl groups is 1. The number of hydrogen-bond acceptors (Lipinski definition) is 4. The summed E-state index contributed by atoms with van der Waals surface area (Å²) in [5.74, 6) is 0. The van der Waals surface area contributed by atoms with Crippen molar-refractivity contribution in [3.8, 4) is 0 Å². The van der Waals surface area contributed by atoms with Gasteiger partial charge in [-0.15, -0.1) is 0 Å². The van der Waals surface area contributed by atoms with Crippen molar-refractivity contribution in [3.63, 3.8) is 0 Å². The zero-order chi connectivity index (χ0) is 13.3. The van der Waals surface area contributed by atoms with Gasteiger partial charge in [-0.25, -0.2) is 4.79 Å². The Bertz CT molecular complexity index is 314. The Labute approximate surface area is 109 Å². The van der Waals surface area contributed by atoms with Gasteiger partial charge in [-0.3, -0.25) is 4.90 Å². The predicted octanol–water partition coefficient (Wildman–Crippen LogP) is 1.06. The third-order valence-corrected chi connectivity index (χ3v) is 3.69. The molecule has 0 bridgehead atoms. The van der Waals surface area contributed by atoms with Crippen molar-refractivity contribution < 1.29 is 14.6 Å². The molecule has 2 fully saturated rings. The average molecular weight is 256 g/mol. The van der Waals surface area contributed by atoms with E-state index in [9.17, 15) is 9.90 Å². The van der Waals surface area contributed by atoms with E-state index in [1.807, 2.05) is 20.8 Å². The highest BCUT2D eigenvalue weighted by atomic mass is 16.6. The first-order valence-corrected chi connectivity index (χ1v) is 6.75. The van der Waals surface area contributed by atoms with Gasteiger partial charge in [-0.05, 0) is 33.6 Å². The molecule has 0 saturated carbocycles. The van der Waals surface area contributed by atoms with E-state index >= 15 is 0 Å². The molecule has 2 aliphatic heterocycles. The number of carbonyl (C=O) groups excluding carboxylic acids is 1. The molecule has 1 unspecified atom stereocenters. The molecule has 0 aromatic rings. The number of piperazine rings is 1. The molecule has 0 aliphatic carbocycles. The van der Waals surface area contributed by atoms with E-state index in [1.165, 1.54) is 0 Å². The molecule has 1 amide bonds. The van der Waals surface area contributed by atoms with E-state index < -0.39 is 5.60 Å². The zero-order valence-corrected chi connectivity index (χ0v) is 11.6. The van der Waals surface area contributed by atoms with E-state index in [1.54, 1.807) is 4.90 Å². The monoisotopic (exact) mass is 256 g/mol. The smallest absolute Gasteiger partial charge is 0.410 e. The summed E-state index contributed by atoms with van der Waals surface area (Å²) in [6, 6.07) is 0.680. The van der Waals surface area contributed by atoms with Gasteiger partial charge in [0.05, 0.1) is 6.61 Å². The van der Waals surface area contributed by atoms with Crippen molar-refractivity contribution in [1.82, 2.24) is 9.80 Å². The Hall–Kier alpha value is -0.810. The second kappa shape index (κ2) is 5.05. The van der Waals surface area contributed by atoms with Crippen LogP contribution >= 0.6 is 0 Å². The average Bonchev–Trinajstić information content (AvgIpc) is 2.68. The van der Waals surface area contributed by atoms with Crippen LogP contribution in [0.2, 0.25) is 0 Å². The second-order valence-corrected chi connectivity index (χ2v) is 6.23. The van der Waals surface area contributed by atoms with Gasteiger partial charge in [0.2, 0.25) is 0 Å². The van der Waals surface area contributed by atoms with Crippen LogP contribution in [0.25, 0.3) is 0 Å². The van der Waals surface area contributed by atoms with Crippen LogP contribution < -0.4 is 0 Å². The molecular weight excluding hydrogens is 232 g/mol. The van der Waals surface area contributed by atoms with E-state index in [0.29, 0.717) is 12.6 Å². The molecule has 2 aliphatic rings. The summed E-state index contributed by atoms with van der Waals surface area (Å²) in [7, 11) is 0. The first kappa shape index (κ1) is 13.6. The second-order valence-electron chi connectivity index (χ2n) is 6.23. The largest absolute Gasteiger partial charge is 0.444 e. The summed E-state index contributed by atoms with van der Waals surface area (Å²) in [6.07, 6.45) is 1.88. The maximum atomic E-state index is 12.0. The Morgan fingerprint density at radius 3 is 2.67 bits per heavy atom. The molecule has 0 aromatic carbocycles. The topological polar surface area (TPSA) is 53.0 Å².